The van der Waals surface area contributed by atoms with Crippen LogP contribution < -0.4 is 0 Å². The molecule has 1 aliphatic heterocycles. The number of fused-ring (bicyclic) bond motifs is 1. The molecule has 1 N–H and O–H groups in total. The largest absolute Gasteiger partial charge is 0.364 e. The Kier molecular flexibility index (Phi) is 5.92. The molecule has 1 aromatic heterocycles. The molecule has 3 aromatic rings. The van der Waals surface area contributed by atoms with E-state index in [0.717, 1.165) is 5.56 Å². The van der Waals surface area contributed by atoms with Crippen molar-refractivity contribution in [1.29, 1.82) is 0 Å². The molecule has 0 radical (unpaired) electrons. The summed E-state index contributed by atoms with van der Waals surface area (Å²) in [6, 6.07) is 15.5. The predicted molar refractivity (Wildman–Crippen MR) is 116 cm³/mol. The van der Waals surface area contributed by atoms with Crippen LogP contribution in [0.4, 0.5) is 17.6 Å². The van der Waals surface area contributed by atoms with Crippen LogP contribution in [0.5, 0.6) is 0 Å². The third kappa shape index (κ3) is 4.08. The predicted octanol–water partition coefficient (Wildman–Crippen LogP) is 5.45. The first-order chi connectivity index (χ1) is 15.6. The summed E-state index contributed by atoms with van der Waals surface area (Å²) >= 11 is 0. The van der Waals surface area contributed by atoms with Crippen molar-refractivity contribution in [2.24, 2.45) is 5.10 Å². The zero-order valence-corrected chi connectivity index (χ0v) is 17.8. The van der Waals surface area contributed by atoms with Crippen molar-refractivity contribution >= 4 is 22.5 Å². The molecule has 1 amide bonds. The number of halogens is 4. The zero-order chi connectivity index (χ0) is 23.9. The van der Waals surface area contributed by atoms with Crippen LogP contribution in [0, 0.1) is 0 Å². The molecule has 0 aliphatic carbocycles. The van der Waals surface area contributed by atoms with Crippen molar-refractivity contribution < 1.29 is 27.5 Å². The van der Waals surface area contributed by atoms with Crippen LogP contribution in [0.15, 0.2) is 59.7 Å². The Bertz CT molecular complexity index is 1230. The highest BCUT2D eigenvalue weighted by molar-refractivity contribution is 6.08. The highest BCUT2D eigenvalue weighted by Crippen LogP contribution is 2.36. The number of amides is 1. The number of aromatic nitrogens is 1. The molecule has 0 fully saturated rings. The van der Waals surface area contributed by atoms with Gasteiger partial charge in [0.2, 0.25) is 5.72 Å². The average molecular weight is 459 g/mol. The van der Waals surface area contributed by atoms with E-state index in [1.165, 1.54) is 6.07 Å². The molecular formula is C24H21F4N3O2. The third-order valence-corrected chi connectivity index (χ3v) is 5.65. The maximum Gasteiger partial charge on any atom is 0.287 e. The molecule has 0 saturated carbocycles. The fourth-order valence-corrected chi connectivity index (χ4v) is 3.76. The van der Waals surface area contributed by atoms with Gasteiger partial charge in [0.05, 0.1) is 16.8 Å². The van der Waals surface area contributed by atoms with Gasteiger partial charge in [-0.2, -0.15) is 10.1 Å². The van der Waals surface area contributed by atoms with E-state index in [1.54, 1.807) is 24.3 Å². The Morgan fingerprint density at radius 2 is 1.73 bits per heavy atom. The topological polar surface area (TPSA) is 65.8 Å². The van der Waals surface area contributed by atoms with E-state index in [-0.39, 0.29) is 10.6 Å². The number of hydrogen-bond acceptors (Lipinski definition) is 4. The number of rotatable bonds is 5. The SMILES string of the molecule is CC(C)c1ccc(-c2cc(C(=O)N3N=C(C(F)F)C[C@]3(O)C(F)F)c3ccccc3n2)cc1. The van der Waals surface area contributed by atoms with Crippen LogP contribution in [-0.2, 0) is 0 Å². The monoisotopic (exact) mass is 459 g/mol. The minimum Gasteiger partial charge on any atom is -0.364 e. The molecule has 172 valence electrons. The van der Waals surface area contributed by atoms with Gasteiger partial charge in [0, 0.05) is 17.4 Å². The lowest BCUT2D eigenvalue weighted by atomic mass is 9.99. The summed E-state index contributed by atoms with van der Waals surface area (Å²) in [6.45, 7) is 4.10. The second-order valence-electron chi connectivity index (χ2n) is 8.21. The van der Waals surface area contributed by atoms with Crippen LogP contribution in [0.25, 0.3) is 22.2 Å². The Morgan fingerprint density at radius 3 is 2.33 bits per heavy atom. The van der Waals surface area contributed by atoms with Crippen LogP contribution in [0.2, 0.25) is 0 Å². The van der Waals surface area contributed by atoms with Gasteiger partial charge < -0.3 is 5.11 Å². The highest BCUT2D eigenvalue weighted by atomic mass is 19.3. The molecule has 2 heterocycles. The smallest absolute Gasteiger partial charge is 0.287 e. The molecule has 4 rings (SSSR count). The lowest BCUT2D eigenvalue weighted by Gasteiger charge is -2.30. The van der Waals surface area contributed by atoms with Gasteiger partial charge in [-0.1, -0.05) is 56.3 Å². The number of aliphatic hydroxyl groups is 1. The van der Waals surface area contributed by atoms with Crippen molar-refractivity contribution in [3.05, 3.63) is 65.7 Å². The van der Waals surface area contributed by atoms with Crippen LogP contribution in [0.3, 0.4) is 0 Å². The lowest BCUT2D eigenvalue weighted by Crippen LogP contribution is -2.51. The molecule has 9 heteroatoms. The Hall–Kier alpha value is -3.33. The minimum absolute atomic E-state index is 0.0760. The van der Waals surface area contributed by atoms with Crippen molar-refractivity contribution in [1.82, 2.24) is 9.99 Å². The van der Waals surface area contributed by atoms with Gasteiger partial charge in [-0.05, 0) is 23.6 Å². The summed E-state index contributed by atoms with van der Waals surface area (Å²) in [6.07, 6.45) is -7.82. The van der Waals surface area contributed by atoms with Crippen LogP contribution in [-0.4, -0.2) is 45.3 Å². The number of carbonyl (C=O) groups is 1. The van der Waals surface area contributed by atoms with E-state index < -0.39 is 36.6 Å². The van der Waals surface area contributed by atoms with E-state index in [1.807, 2.05) is 24.3 Å². The van der Waals surface area contributed by atoms with E-state index in [0.29, 0.717) is 28.1 Å². The van der Waals surface area contributed by atoms with Gasteiger partial charge in [-0.25, -0.2) is 22.5 Å². The molecule has 0 spiro atoms. The summed E-state index contributed by atoms with van der Waals surface area (Å²) < 4.78 is 53.7. The molecule has 33 heavy (non-hydrogen) atoms. The van der Waals surface area contributed by atoms with Crippen LogP contribution >= 0.6 is 0 Å². The van der Waals surface area contributed by atoms with Crippen LogP contribution in [0.1, 0.15) is 42.1 Å². The average Bonchev–Trinajstić information content (AvgIpc) is 3.17. The number of pyridine rings is 1. The molecule has 1 atom stereocenters. The minimum atomic E-state index is -3.50. The Balaban J connectivity index is 1.85. The molecule has 0 saturated heterocycles. The number of hydrogen-bond donors (Lipinski definition) is 1. The summed E-state index contributed by atoms with van der Waals surface area (Å²) in [4.78, 5) is 17.9. The molecular weight excluding hydrogens is 438 g/mol. The molecule has 1 aliphatic rings. The van der Waals surface area contributed by atoms with Crippen molar-refractivity contribution in [3.8, 4) is 11.3 Å². The van der Waals surface area contributed by atoms with Gasteiger partial charge in [-0.15, -0.1) is 0 Å². The molecule has 0 unspecified atom stereocenters. The summed E-state index contributed by atoms with van der Waals surface area (Å²) in [5, 5.41) is 14.2. The fraction of sp³-hybridized carbons (Fsp3) is 0.292. The van der Waals surface area contributed by atoms with Gasteiger partial charge in [0.15, 0.2) is 0 Å². The Labute approximate surface area is 187 Å². The normalized spacial score (nSPS) is 18.6. The second kappa shape index (κ2) is 8.55. The number of carbonyl (C=O) groups excluding carboxylic acids is 1. The molecule has 5 nitrogen and oxygen atoms in total. The summed E-state index contributed by atoms with van der Waals surface area (Å²) in [5.74, 6) is -0.808. The van der Waals surface area contributed by atoms with E-state index in [4.69, 9.17) is 0 Å². The number of para-hydroxylation sites is 1. The van der Waals surface area contributed by atoms with Gasteiger partial charge in [-0.3, -0.25) is 4.79 Å². The number of hydrazone groups is 1. The standard InChI is InChI=1S/C24H21F4N3O2/c1-13(2)14-7-9-15(10-8-14)19-11-17(16-5-3-4-6-18(16)29-19)22(32)31-24(33,23(27)28)12-20(30-31)21(25)26/h3-11,13,21,23,33H,12H2,1-2H3/t24-/m0/s1. The first-order valence-electron chi connectivity index (χ1n) is 10.3. The number of alkyl halides is 4. The van der Waals surface area contributed by atoms with E-state index in [9.17, 15) is 27.5 Å². The number of benzene rings is 2. The Morgan fingerprint density at radius 1 is 1.06 bits per heavy atom. The summed E-state index contributed by atoms with van der Waals surface area (Å²) in [5.41, 5.74) is -1.64. The first kappa shape index (κ1) is 22.8. The van der Waals surface area contributed by atoms with Gasteiger partial charge >= 0.3 is 0 Å². The van der Waals surface area contributed by atoms with Crippen molar-refractivity contribution in [2.75, 3.05) is 0 Å². The third-order valence-electron chi connectivity index (χ3n) is 5.65. The van der Waals surface area contributed by atoms with E-state index in [2.05, 4.69) is 23.9 Å². The summed E-state index contributed by atoms with van der Waals surface area (Å²) in [7, 11) is 0. The maximum absolute atomic E-state index is 13.7. The van der Waals surface area contributed by atoms with Gasteiger partial charge in [0.1, 0.15) is 5.71 Å². The van der Waals surface area contributed by atoms with Gasteiger partial charge in [0.25, 0.3) is 18.8 Å². The molecule has 2 aromatic carbocycles. The van der Waals surface area contributed by atoms with Crippen molar-refractivity contribution in [2.45, 2.75) is 44.8 Å². The highest BCUT2D eigenvalue weighted by Gasteiger charge is 2.53. The van der Waals surface area contributed by atoms with E-state index >= 15 is 0 Å². The zero-order valence-electron chi connectivity index (χ0n) is 17.8. The maximum atomic E-state index is 13.7. The molecule has 0 bridgehead atoms. The number of nitrogens with zero attached hydrogens (tertiary/aromatic N) is 3. The second-order valence-corrected chi connectivity index (χ2v) is 8.21. The first-order valence-corrected chi connectivity index (χ1v) is 10.3. The lowest BCUT2D eigenvalue weighted by molar-refractivity contribution is -0.164. The quantitative estimate of drug-likeness (QED) is 0.517. The fourth-order valence-electron chi connectivity index (χ4n) is 3.76. The van der Waals surface area contributed by atoms with Crippen molar-refractivity contribution in [3.63, 3.8) is 0 Å².